The number of nitrogens with zero attached hydrogens (tertiary/aromatic N) is 5. The van der Waals surface area contributed by atoms with Gasteiger partial charge in [0.15, 0.2) is 0 Å². The third-order valence-electron chi connectivity index (χ3n) is 6.29. The summed E-state index contributed by atoms with van der Waals surface area (Å²) in [5.74, 6) is 1.94. The van der Waals surface area contributed by atoms with E-state index in [0.29, 0.717) is 45.6 Å². The van der Waals surface area contributed by atoms with E-state index in [1.54, 1.807) is 25.3 Å². The molecule has 7 nitrogen and oxygen atoms in total. The van der Waals surface area contributed by atoms with Crippen LogP contribution in [0.3, 0.4) is 0 Å². The zero-order valence-electron chi connectivity index (χ0n) is 20.7. The maximum atomic E-state index is 11.3. The first-order valence-electron chi connectivity index (χ1n) is 12.0. The number of hydrogen-bond acceptors (Lipinski definition) is 7. The van der Waals surface area contributed by atoms with Crippen LogP contribution in [0.2, 0.25) is 0 Å². The minimum absolute atomic E-state index is 0.187. The van der Waals surface area contributed by atoms with Crippen LogP contribution < -0.4 is 4.90 Å². The SMILES string of the molecule is [C-]#[N+]c1c(N2CCCN(C)CC2)nc(SCc2ccc(CCC(C)=O)cc2)c(C#N)c1-c1ccco1. The van der Waals surface area contributed by atoms with Crippen LogP contribution in [-0.4, -0.2) is 48.9 Å². The molecule has 0 unspecified atom stereocenters. The van der Waals surface area contributed by atoms with Gasteiger partial charge >= 0.3 is 0 Å². The second kappa shape index (κ2) is 11.9. The fraction of sp³-hybridized carbons (Fsp3) is 0.357. The molecule has 2 aromatic heterocycles. The molecule has 4 rings (SSSR count). The number of ketones is 1. The van der Waals surface area contributed by atoms with Crippen molar-refractivity contribution in [3.63, 3.8) is 0 Å². The second-order valence-electron chi connectivity index (χ2n) is 8.99. The maximum Gasteiger partial charge on any atom is 0.240 e. The molecule has 0 radical (unpaired) electrons. The van der Waals surface area contributed by atoms with Crippen molar-refractivity contribution >= 4 is 29.1 Å². The number of nitriles is 1. The summed E-state index contributed by atoms with van der Waals surface area (Å²) in [6.45, 7) is 13.0. The van der Waals surface area contributed by atoms with Crippen LogP contribution in [-0.2, 0) is 17.0 Å². The minimum atomic E-state index is 0.187. The topological polar surface area (TPSA) is 77.7 Å². The first-order valence-corrected chi connectivity index (χ1v) is 13.0. The summed E-state index contributed by atoms with van der Waals surface area (Å²) in [5, 5.41) is 10.7. The van der Waals surface area contributed by atoms with Crippen molar-refractivity contribution in [2.75, 3.05) is 38.1 Å². The number of benzene rings is 1. The summed E-state index contributed by atoms with van der Waals surface area (Å²) in [4.78, 5) is 24.5. The van der Waals surface area contributed by atoms with E-state index in [2.05, 4.69) is 39.9 Å². The van der Waals surface area contributed by atoms with Gasteiger partial charge in [0.1, 0.15) is 28.5 Å². The van der Waals surface area contributed by atoms with Gasteiger partial charge in [-0.3, -0.25) is 0 Å². The molecule has 0 spiro atoms. The number of likely N-dealkylation sites (N-methyl/N-ethyl adjacent to an activating group) is 1. The third kappa shape index (κ3) is 5.96. The molecule has 3 heterocycles. The predicted octanol–water partition coefficient (Wildman–Crippen LogP) is 5.72. The van der Waals surface area contributed by atoms with Crippen molar-refractivity contribution in [2.24, 2.45) is 0 Å². The fourth-order valence-corrected chi connectivity index (χ4v) is 5.21. The van der Waals surface area contributed by atoms with Crippen molar-refractivity contribution in [1.82, 2.24) is 9.88 Å². The lowest BCUT2D eigenvalue weighted by atomic mass is 10.1. The van der Waals surface area contributed by atoms with E-state index in [4.69, 9.17) is 16.0 Å². The molecule has 1 aliphatic rings. The molecular formula is C28H29N5O2S. The van der Waals surface area contributed by atoms with Gasteiger partial charge < -0.3 is 19.0 Å². The van der Waals surface area contributed by atoms with E-state index in [0.717, 1.165) is 50.1 Å². The number of hydrogen-bond donors (Lipinski definition) is 0. The molecule has 0 amide bonds. The molecule has 8 heteroatoms. The van der Waals surface area contributed by atoms with Crippen LogP contribution in [0.15, 0.2) is 52.1 Å². The van der Waals surface area contributed by atoms with Crippen LogP contribution in [0.25, 0.3) is 16.2 Å². The summed E-state index contributed by atoms with van der Waals surface area (Å²) in [5.41, 5.74) is 3.48. The number of furan rings is 1. The molecule has 0 bridgehead atoms. The lowest BCUT2D eigenvalue weighted by Gasteiger charge is -2.25. The Morgan fingerprint density at radius 3 is 2.64 bits per heavy atom. The number of carbonyl (C=O) groups excluding carboxylic acids is 1. The van der Waals surface area contributed by atoms with Crippen LogP contribution >= 0.6 is 11.8 Å². The summed E-state index contributed by atoms with van der Waals surface area (Å²) < 4.78 is 5.68. The number of carbonyl (C=O) groups is 1. The highest BCUT2D eigenvalue weighted by atomic mass is 32.2. The lowest BCUT2D eigenvalue weighted by Crippen LogP contribution is -2.29. The Kier molecular flexibility index (Phi) is 8.43. The Morgan fingerprint density at radius 2 is 1.97 bits per heavy atom. The van der Waals surface area contributed by atoms with E-state index in [-0.39, 0.29) is 5.78 Å². The number of rotatable bonds is 8. The fourth-order valence-electron chi connectivity index (χ4n) is 4.27. The molecule has 3 aromatic rings. The van der Waals surface area contributed by atoms with Crippen molar-refractivity contribution in [2.45, 2.75) is 37.0 Å². The van der Waals surface area contributed by atoms with Gasteiger partial charge in [-0.15, -0.1) is 11.8 Å². The summed E-state index contributed by atoms with van der Waals surface area (Å²) >= 11 is 1.49. The first-order chi connectivity index (χ1) is 17.5. The number of aromatic nitrogens is 1. The molecular weight excluding hydrogens is 470 g/mol. The number of pyridine rings is 1. The molecule has 184 valence electrons. The van der Waals surface area contributed by atoms with Gasteiger partial charge in [0, 0.05) is 37.4 Å². The van der Waals surface area contributed by atoms with Gasteiger partial charge in [0.25, 0.3) is 0 Å². The zero-order valence-corrected chi connectivity index (χ0v) is 21.5. The van der Waals surface area contributed by atoms with E-state index >= 15 is 0 Å². The Labute approximate surface area is 216 Å². The van der Waals surface area contributed by atoms with Crippen molar-refractivity contribution in [3.8, 4) is 17.4 Å². The van der Waals surface area contributed by atoms with Crippen molar-refractivity contribution < 1.29 is 9.21 Å². The summed E-state index contributed by atoms with van der Waals surface area (Å²) in [6, 6.07) is 14.1. The van der Waals surface area contributed by atoms with Gasteiger partial charge in [-0.2, -0.15) is 5.26 Å². The van der Waals surface area contributed by atoms with Gasteiger partial charge in [-0.1, -0.05) is 24.3 Å². The Morgan fingerprint density at radius 1 is 1.19 bits per heavy atom. The maximum absolute atomic E-state index is 11.3. The molecule has 0 aliphatic carbocycles. The van der Waals surface area contributed by atoms with E-state index in [1.165, 1.54) is 11.8 Å². The number of aryl methyl sites for hydroxylation is 1. The molecule has 1 aromatic carbocycles. The van der Waals surface area contributed by atoms with Crippen molar-refractivity contribution in [3.05, 3.63) is 70.8 Å². The average molecular weight is 500 g/mol. The van der Waals surface area contributed by atoms with Crippen molar-refractivity contribution in [1.29, 1.82) is 5.26 Å². The highest BCUT2D eigenvalue weighted by molar-refractivity contribution is 7.98. The highest BCUT2D eigenvalue weighted by Crippen LogP contribution is 2.44. The third-order valence-corrected chi connectivity index (χ3v) is 7.34. The van der Waals surface area contributed by atoms with E-state index in [9.17, 15) is 10.1 Å². The average Bonchev–Trinajstić information content (AvgIpc) is 3.33. The van der Waals surface area contributed by atoms with Crippen LogP contribution in [0.4, 0.5) is 11.5 Å². The Balaban J connectivity index is 1.69. The number of anilines is 1. The van der Waals surface area contributed by atoms with Gasteiger partial charge in [-0.25, -0.2) is 9.83 Å². The smallest absolute Gasteiger partial charge is 0.240 e. The number of thioether (sulfide) groups is 1. The van der Waals surface area contributed by atoms with E-state index in [1.807, 2.05) is 12.1 Å². The molecule has 36 heavy (non-hydrogen) atoms. The van der Waals surface area contributed by atoms with Gasteiger partial charge in [0.2, 0.25) is 5.69 Å². The second-order valence-corrected chi connectivity index (χ2v) is 9.96. The molecule has 0 atom stereocenters. The molecule has 0 N–H and O–H groups in total. The Bertz CT molecular complexity index is 1290. The molecule has 1 fully saturated rings. The van der Waals surface area contributed by atoms with Crippen LogP contribution in [0, 0.1) is 17.9 Å². The molecule has 1 aliphatic heterocycles. The highest BCUT2D eigenvalue weighted by Gasteiger charge is 2.27. The predicted molar refractivity (Wildman–Crippen MR) is 142 cm³/mol. The van der Waals surface area contributed by atoms with Crippen LogP contribution in [0.1, 0.15) is 36.5 Å². The van der Waals surface area contributed by atoms with Gasteiger partial charge in [-0.05, 0) is 56.6 Å². The molecule has 1 saturated heterocycles. The number of Topliss-reactive ketones (excluding diaryl/α,β-unsaturated/α-hetero) is 1. The van der Waals surface area contributed by atoms with E-state index < -0.39 is 0 Å². The largest absolute Gasteiger partial charge is 0.466 e. The van der Waals surface area contributed by atoms with Gasteiger partial charge in [0.05, 0.1) is 18.4 Å². The molecule has 0 saturated carbocycles. The minimum Gasteiger partial charge on any atom is -0.466 e. The lowest BCUT2D eigenvalue weighted by molar-refractivity contribution is -0.116. The summed E-state index contributed by atoms with van der Waals surface area (Å²) in [6.07, 6.45) is 3.82. The standard InChI is InChI=1S/C28H29N5O2S/c1-20(34)7-8-21-9-11-22(12-10-21)19-36-28-23(18-29)25(24-6-4-17-35-24)26(30-2)27(31-28)33-14-5-13-32(3)15-16-33/h4,6,9-12,17H,5,7-8,13-16,19H2,1,3H3. The summed E-state index contributed by atoms with van der Waals surface area (Å²) in [7, 11) is 2.10. The quantitative estimate of drug-likeness (QED) is 0.290. The van der Waals surface area contributed by atoms with Crippen LogP contribution in [0.5, 0.6) is 0 Å². The normalized spacial score (nSPS) is 14.2. The monoisotopic (exact) mass is 499 g/mol. The Hall–Kier alpha value is -3.59. The zero-order chi connectivity index (χ0) is 25.5. The first kappa shape index (κ1) is 25.5.